The van der Waals surface area contributed by atoms with Crippen LogP contribution in [0.4, 0.5) is 0 Å². The molecule has 0 aliphatic carbocycles. The zero-order valence-corrected chi connectivity index (χ0v) is 17.1. The fourth-order valence-corrected chi connectivity index (χ4v) is 3.64. The third-order valence-corrected chi connectivity index (χ3v) is 5.28. The van der Waals surface area contributed by atoms with E-state index in [1.165, 1.54) is 5.56 Å². The van der Waals surface area contributed by atoms with Crippen LogP contribution in [0.25, 0.3) is 0 Å². The smallest absolute Gasteiger partial charge is 0.237 e. The van der Waals surface area contributed by atoms with Crippen molar-refractivity contribution < 1.29 is 14.6 Å². The largest absolute Gasteiger partial charge is 0.368 e. The average molecular weight is 378 g/mol. The summed E-state index contributed by atoms with van der Waals surface area (Å²) in [6.07, 6.45) is 2.58. The fourth-order valence-electron chi connectivity index (χ4n) is 3.64. The van der Waals surface area contributed by atoms with Crippen molar-refractivity contribution in [3.05, 3.63) is 35.9 Å². The third-order valence-electron chi connectivity index (χ3n) is 5.28. The van der Waals surface area contributed by atoms with Gasteiger partial charge in [-0.2, -0.15) is 0 Å². The molecule has 1 amide bonds. The van der Waals surface area contributed by atoms with Crippen LogP contribution in [-0.4, -0.2) is 79.5 Å². The number of rotatable bonds is 9. The van der Waals surface area contributed by atoms with Crippen LogP contribution in [0.2, 0.25) is 0 Å². The molecular weight excluding hydrogens is 342 g/mol. The lowest BCUT2D eigenvalue weighted by molar-refractivity contribution is -0.173. The van der Waals surface area contributed by atoms with E-state index in [9.17, 15) is 9.90 Å². The summed E-state index contributed by atoms with van der Waals surface area (Å²) in [5, 5.41) is 12.8. The topological polar surface area (TPSA) is 65.0 Å². The van der Waals surface area contributed by atoms with Gasteiger partial charge in [0.15, 0.2) is 6.29 Å². The SMILES string of the molecule is C[C@@H]1C[C@H](N(C)CCCNC(=O)[C@H](Cc2ccccc2)N(C)C)C[C@H](O)O1. The Morgan fingerprint density at radius 3 is 2.59 bits per heavy atom. The molecule has 1 heterocycles. The van der Waals surface area contributed by atoms with Crippen LogP contribution in [0, 0.1) is 0 Å². The van der Waals surface area contributed by atoms with Gasteiger partial charge in [-0.25, -0.2) is 0 Å². The summed E-state index contributed by atoms with van der Waals surface area (Å²) in [5.41, 5.74) is 1.17. The van der Waals surface area contributed by atoms with Gasteiger partial charge in [-0.05, 0) is 59.4 Å². The van der Waals surface area contributed by atoms with Crippen molar-refractivity contribution in [3.63, 3.8) is 0 Å². The molecule has 0 spiro atoms. The molecule has 1 fully saturated rings. The Hall–Kier alpha value is -1.47. The Morgan fingerprint density at radius 1 is 1.26 bits per heavy atom. The van der Waals surface area contributed by atoms with Crippen LogP contribution < -0.4 is 5.32 Å². The molecule has 152 valence electrons. The van der Waals surface area contributed by atoms with Gasteiger partial charge in [0.05, 0.1) is 12.1 Å². The summed E-state index contributed by atoms with van der Waals surface area (Å²) in [4.78, 5) is 16.8. The second-order valence-corrected chi connectivity index (χ2v) is 7.82. The van der Waals surface area contributed by atoms with E-state index in [1.54, 1.807) is 0 Å². The number of hydrogen-bond acceptors (Lipinski definition) is 5. The number of benzene rings is 1. The van der Waals surface area contributed by atoms with E-state index < -0.39 is 6.29 Å². The molecule has 1 saturated heterocycles. The number of nitrogens with zero attached hydrogens (tertiary/aromatic N) is 2. The van der Waals surface area contributed by atoms with Crippen molar-refractivity contribution in [2.24, 2.45) is 0 Å². The number of hydrogen-bond donors (Lipinski definition) is 2. The number of amides is 1. The molecule has 6 nitrogen and oxygen atoms in total. The molecule has 0 unspecified atom stereocenters. The lowest BCUT2D eigenvalue weighted by atomic mass is 10.0. The maximum Gasteiger partial charge on any atom is 0.237 e. The van der Waals surface area contributed by atoms with Crippen molar-refractivity contribution in [2.45, 2.75) is 57.1 Å². The van der Waals surface area contributed by atoms with Crippen LogP contribution in [0.3, 0.4) is 0 Å². The van der Waals surface area contributed by atoms with Gasteiger partial charge < -0.3 is 20.1 Å². The first kappa shape index (κ1) is 21.8. The van der Waals surface area contributed by atoms with Gasteiger partial charge in [-0.15, -0.1) is 0 Å². The molecule has 6 heteroatoms. The molecule has 1 aromatic carbocycles. The highest BCUT2D eigenvalue weighted by Crippen LogP contribution is 2.21. The predicted octanol–water partition coefficient (Wildman–Crippen LogP) is 1.48. The van der Waals surface area contributed by atoms with Gasteiger partial charge in [0.1, 0.15) is 0 Å². The molecule has 1 aliphatic heterocycles. The number of likely N-dealkylation sites (N-methyl/N-ethyl adjacent to an activating group) is 1. The van der Waals surface area contributed by atoms with Crippen molar-refractivity contribution in [2.75, 3.05) is 34.2 Å². The lowest BCUT2D eigenvalue weighted by Gasteiger charge is -2.36. The van der Waals surface area contributed by atoms with E-state index in [-0.39, 0.29) is 18.1 Å². The first-order valence-corrected chi connectivity index (χ1v) is 9.88. The number of aliphatic hydroxyl groups is 1. The molecule has 2 rings (SSSR count). The molecule has 1 aliphatic rings. The second kappa shape index (κ2) is 10.8. The van der Waals surface area contributed by atoms with Crippen LogP contribution in [0.5, 0.6) is 0 Å². The molecular formula is C21H35N3O3. The van der Waals surface area contributed by atoms with Gasteiger partial charge in [-0.1, -0.05) is 30.3 Å². The molecule has 0 bridgehead atoms. The van der Waals surface area contributed by atoms with Crippen molar-refractivity contribution in [3.8, 4) is 0 Å². The molecule has 0 aromatic heterocycles. The van der Waals surface area contributed by atoms with Gasteiger partial charge in [-0.3, -0.25) is 9.69 Å². The second-order valence-electron chi connectivity index (χ2n) is 7.82. The number of nitrogens with one attached hydrogen (secondary N) is 1. The molecule has 2 N–H and O–H groups in total. The monoisotopic (exact) mass is 377 g/mol. The van der Waals surface area contributed by atoms with E-state index in [0.29, 0.717) is 25.4 Å². The maximum atomic E-state index is 12.6. The minimum atomic E-state index is -0.667. The summed E-state index contributed by atoms with van der Waals surface area (Å²) in [6, 6.07) is 10.3. The first-order valence-electron chi connectivity index (χ1n) is 9.88. The van der Waals surface area contributed by atoms with Crippen LogP contribution in [0.1, 0.15) is 31.7 Å². The fraction of sp³-hybridized carbons (Fsp3) is 0.667. The summed E-state index contributed by atoms with van der Waals surface area (Å²) < 4.78 is 5.39. The Morgan fingerprint density at radius 2 is 1.96 bits per heavy atom. The molecule has 27 heavy (non-hydrogen) atoms. The number of aliphatic hydroxyl groups excluding tert-OH is 1. The predicted molar refractivity (Wildman–Crippen MR) is 107 cm³/mol. The highest BCUT2D eigenvalue weighted by molar-refractivity contribution is 5.82. The van der Waals surface area contributed by atoms with E-state index in [0.717, 1.165) is 19.4 Å². The van der Waals surface area contributed by atoms with Crippen molar-refractivity contribution >= 4 is 5.91 Å². The van der Waals surface area contributed by atoms with Gasteiger partial charge in [0.25, 0.3) is 0 Å². The molecule has 0 saturated carbocycles. The van der Waals surface area contributed by atoms with Gasteiger partial charge >= 0.3 is 0 Å². The molecule has 0 radical (unpaired) electrons. The quantitative estimate of drug-likeness (QED) is 0.638. The third kappa shape index (κ3) is 7.22. The Bertz CT molecular complexity index is 557. The summed E-state index contributed by atoms with van der Waals surface area (Å²) in [5.74, 6) is 0.0709. The van der Waals surface area contributed by atoms with E-state index in [1.807, 2.05) is 44.1 Å². The average Bonchev–Trinajstić information content (AvgIpc) is 2.62. The normalized spacial score (nSPS) is 24.2. The first-order chi connectivity index (χ1) is 12.9. The highest BCUT2D eigenvalue weighted by atomic mass is 16.6. The maximum absolute atomic E-state index is 12.6. The minimum absolute atomic E-state index is 0.0709. The Balaban J connectivity index is 1.73. The number of ether oxygens (including phenoxy) is 1. The molecule has 1 aromatic rings. The highest BCUT2D eigenvalue weighted by Gasteiger charge is 2.28. The van der Waals surface area contributed by atoms with Gasteiger partial charge in [0.2, 0.25) is 5.91 Å². The summed E-state index contributed by atoms with van der Waals surface area (Å²) >= 11 is 0. The number of carbonyl (C=O) groups excluding carboxylic acids is 1. The molecule has 4 atom stereocenters. The zero-order valence-electron chi connectivity index (χ0n) is 17.1. The van der Waals surface area contributed by atoms with Crippen molar-refractivity contribution in [1.29, 1.82) is 0 Å². The van der Waals surface area contributed by atoms with Gasteiger partial charge in [0, 0.05) is 19.0 Å². The Labute approximate surface area is 163 Å². The van der Waals surface area contributed by atoms with Crippen molar-refractivity contribution in [1.82, 2.24) is 15.1 Å². The standard InChI is InChI=1S/C21H35N3O3/c1-16-13-18(15-20(25)27-16)24(4)12-8-11-22-21(26)19(23(2)3)14-17-9-6-5-7-10-17/h5-7,9-10,16,18-20,25H,8,11-15H2,1-4H3,(H,22,26)/t16-,18+,19+,20-/m1/s1. The van der Waals surface area contributed by atoms with E-state index in [2.05, 4.69) is 29.4 Å². The summed E-state index contributed by atoms with van der Waals surface area (Å²) in [6.45, 7) is 3.54. The summed E-state index contributed by atoms with van der Waals surface area (Å²) in [7, 11) is 5.96. The zero-order chi connectivity index (χ0) is 19.8. The number of carbonyl (C=O) groups is 1. The van der Waals surface area contributed by atoms with Crippen LogP contribution in [-0.2, 0) is 16.0 Å². The van der Waals surface area contributed by atoms with Crippen LogP contribution in [0.15, 0.2) is 30.3 Å². The Kier molecular flexibility index (Phi) is 8.70. The van der Waals surface area contributed by atoms with E-state index in [4.69, 9.17) is 4.74 Å². The lowest BCUT2D eigenvalue weighted by Crippen LogP contribution is -2.46. The van der Waals surface area contributed by atoms with E-state index >= 15 is 0 Å². The van der Waals surface area contributed by atoms with Crippen LogP contribution >= 0.6 is 0 Å². The minimum Gasteiger partial charge on any atom is -0.368 e.